The number of aromatic nitrogens is 6. The molecule has 4 bridgehead atoms. The number of nitrogens with zero attached hydrogens (tertiary/aromatic N) is 8. The highest BCUT2D eigenvalue weighted by Gasteiger charge is 2.55. The second-order valence-corrected chi connectivity index (χ2v) is 12.4. The van der Waals surface area contributed by atoms with Crippen molar-refractivity contribution in [1.29, 1.82) is 5.26 Å². The minimum Gasteiger partial charge on any atom is -0.481 e. The van der Waals surface area contributed by atoms with Crippen LogP contribution in [0.25, 0.3) is 27.8 Å². The molecule has 11 nitrogen and oxygen atoms in total. The van der Waals surface area contributed by atoms with Gasteiger partial charge in [-0.2, -0.15) is 15.5 Å². The summed E-state index contributed by atoms with van der Waals surface area (Å²) in [6, 6.07) is 12.7. The average Bonchev–Trinajstić information content (AvgIpc) is 3.66. The van der Waals surface area contributed by atoms with Crippen molar-refractivity contribution in [3.05, 3.63) is 78.6 Å². The van der Waals surface area contributed by atoms with Crippen LogP contribution in [0.2, 0.25) is 0 Å². The van der Waals surface area contributed by atoms with Gasteiger partial charge in [0, 0.05) is 77.8 Å². The molecule has 9 rings (SSSR count). The van der Waals surface area contributed by atoms with Gasteiger partial charge in [-0.25, -0.2) is 14.5 Å². The maximum atomic E-state index is 13.2. The summed E-state index contributed by atoms with van der Waals surface area (Å²) in [5.74, 6) is 1.96. The molecule has 44 heavy (non-hydrogen) atoms. The molecule has 2 aliphatic heterocycles. The summed E-state index contributed by atoms with van der Waals surface area (Å²) in [6.07, 6.45) is 15.8. The molecule has 5 aromatic heterocycles. The van der Waals surface area contributed by atoms with Crippen LogP contribution in [0.5, 0.6) is 5.88 Å². The Balaban J connectivity index is 1.07. The molecule has 4 aliphatic rings. The fourth-order valence-electron chi connectivity index (χ4n) is 7.95. The molecule has 0 spiro atoms. The van der Waals surface area contributed by atoms with Gasteiger partial charge >= 0.3 is 0 Å². The fraction of sp³-hybridized carbons (Fsp3) is 0.333. The average molecular weight is 586 g/mol. The molecule has 1 amide bonds. The number of fused-ring (bicyclic) bond motifs is 1. The van der Waals surface area contributed by atoms with Gasteiger partial charge in [-0.1, -0.05) is 0 Å². The first-order valence-electron chi connectivity index (χ1n) is 14.9. The smallest absolute Gasteiger partial charge is 0.253 e. The van der Waals surface area contributed by atoms with Crippen molar-refractivity contribution in [1.82, 2.24) is 34.7 Å². The van der Waals surface area contributed by atoms with Crippen LogP contribution in [0, 0.1) is 17.2 Å². The van der Waals surface area contributed by atoms with Gasteiger partial charge in [0.1, 0.15) is 11.9 Å². The van der Waals surface area contributed by atoms with Crippen molar-refractivity contribution in [2.24, 2.45) is 13.0 Å². The van der Waals surface area contributed by atoms with Gasteiger partial charge in [0.15, 0.2) is 0 Å². The zero-order valence-electron chi connectivity index (χ0n) is 24.5. The number of anilines is 1. The summed E-state index contributed by atoms with van der Waals surface area (Å²) in [5, 5.41) is 22.0. The molecule has 2 aliphatic carbocycles. The number of aryl methyl sites for hydroxylation is 1. The Hall–Kier alpha value is -5.24. The summed E-state index contributed by atoms with van der Waals surface area (Å²) in [6.45, 7) is 0. The molecule has 0 radical (unpaired) electrons. The lowest BCUT2D eigenvalue weighted by Crippen LogP contribution is -2.69. The van der Waals surface area contributed by atoms with Crippen LogP contribution >= 0.6 is 0 Å². The first-order valence-corrected chi connectivity index (χ1v) is 14.9. The van der Waals surface area contributed by atoms with Gasteiger partial charge < -0.3 is 15.0 Å². The third kappa shape index (κ3) is 4.28. The van der Waals surface area contributed by atoms with Gasteiger partial charge in [0.05, 0.1) is 36.1 Å². The van der Waals surface area contributed by atoms with Crippen molar-refractivity contribution in [2.45, 2.75) is 49.7 Å². The SMILES string of the molecule is COc1ccc(C(=O)N[C@]23C[C@@H]4C[C@H](C2)N(c2ccc(-c5cc(-c6cnn(C)c6)cn6ncc(C#N)c56)cn2)[C@@H](C4)C3)cn1. The van der Waals surface area contributed by atoms with E-state index in [0.29, 0.717) is 35.0 Å². The van der Waals surface area contributed by atoms with E-state index in [0.717, 1.165) is 65.7 Å². The number of ether oxygens (including phenoxy) is 1. The molecule has 220 valence electrons. The second kappa shape index (κ2) is 9.91. The number of nitrogens with one attached hydrogen (secondary N) is 1. The van der Waals surface area contributed by atoms with Crippen LogP contribution in [-0.2, 0) is 7.05 Å². The maximum Gasteiger partial charge on any atom is 0.253 e. The summed E-state index contributed by atoms with van der Waals surface area (Å²) >= 11 is 0. The summed E-state index contributed by atoms with van der Waals surface area (Å²) in [4.78, 5) is 24.9. The third-order valence-corrected chi connectivity index (χ3v) is 9.61. The van der Waals surface area contributed by atoms with Crippen LogP contribution < -0.4 is 15.0 Å². The third-order valence-electron chi connectivity index (χ3n) is 9.61. The topological polar surface area (TPSA) is 126 Å². The van der Waals surface area contributed by atoms with E-state index < -0.39 is 0 Å². The van der Waals surface area contributed by atoms with Crippen LogP contribution in [0.4, 0.5) is 5.82 Å². The Bertz CT molecular complexity index is 1920. The predicted molar refractivity (Wildman–Crippen MR) is 163 cm³/mol. The monoisotopic (exact) mass is 585 g/mol. The molecule has 2 saturated heterocycles. The number of carbonyl (C=O) groups is 1. The van der Waals surface area contributed by atoms with Crippen molar-refractivity contribution >= 4 is 17.2 Å². The number of carbonyl (C=O) groups excluding carboxylic acids is 1. The molecule has 1 N–H and O–H groups in total. The standard InChI is InChI=1S/C33H31N9O2/c1-40-18-25(17-37-40)23-9-28(31-24(13-34)16-38-41(31)19-23)21-3-5-29(35-14-21)42-26-7-20-8-27(42)12-33(10-20,11-26)39-32(43)22-4-6-30(44-2)36-15-22/h3-6,9,14-20,26-27H,7-8,10-12H2,1-2H3,(H,39,43)/t20-,26-,27+,33-. The normalized spacial score (nSPS) is 23.6. The zero-order valence-corrected chi connectivity index (χ0v) is 24.5. The highest BCUT2D eigenvalue weighted by atomic mass is 16.5. The van der Waals surface area contributed by atoms with E-state index in [4.69, 9.17) is 9.72 Å². The Kier molecular flexibility index (Phi) is 5.94. The summed E-state index contributed by atoms with van der Waals surface area (Å²) in [5.41, 5.74) is 5.36. The lowest BCUT2D eigenvalue weighted by molar-refractivity contribution is 0.0359. The Morgan fingerprint density at radius 1 is 0.977 bits per heavy atom. The van der Waals surface area contributed by atoms with E-state index in [2.05, 4.69) is 49.7 Å². The quantitative estimate of drug-likeness (QED) is 0.311. The lowest BCUT2D eigenvalue weighted by Gasteiger charge is -2.62. The van der Waals surface area contributed by atoms with E-state index in [-0.39, 0.29) is 11.4 Å². The van der Waals surface area contributed by atoms with Gasteiger partial charge in [0.2, 0.25) is 5.88 Å². The predicted octanol–water partition coefficient (Wildman–Crippen LogP) is 4.39. The zero-order chi connectivity index (χ0) is 30.0. The maximum absolute atomic E-state index is 13.2. The first-order chi connectivity index (χ1) is 21.4. The number of rotatable bonds is 6. The minimum atomic E-state index is -0.210. The Morgan fingerprint density at radius 2 is 1.82 bits per heavy atom. The van der Waals surface area contributed by atoms with E-state index in [1.165, 1.54) is 0 Å². The highest BCUT2D eigenvalue weighted by molar-refractivity contribution is 5.94. The molecule has 4 atom stereocenters. The van der Waals surface area contributed by atoms with Crippen LogP contribution in [0.1, 0.15) is 48.0 Å². The van der Waals surface area contributed by atoms with Crippen molar-refractivity contribution < 1.29 is 9.53 Å². The van der Waals surface area contributed by atoms with Gasteiger partial charge in [-0.3, -0.25) is 9.48 Å². The summed E-state index contributed by atoms with van der Waals surface area (Å²) in [7, 11) is 3.46. The van der Waals surface area contributed by atoms with Crippen LogP contribution in [0.3, 0.4) is 0 Å². The Morgan fingerprint density at radius 3 is 2.48 bits per heavy atom. The second-order valence-electron chi connectivity index (χ2n) is 12.4. The van der Waals surface area contributed by atoms with Crippen molar-refractivity contribution in [2.75, 3.05) is 12.0 Å². The molecular weight excluding hydrogens is 554 g/mol. The van der Waals surface area contributed by atoms with E-state index in [1.54, 1.807) is 40.8 Å². The van der Waals surface area contributed by atoms with Gasteiger partial charge in [0.25, 0.3) is 5.91 Å². The number of pyridine rings is 3. The molecule has 7 heterocycles. The number of hydrogen-bond acceptors (Lipinski definition) is 8. The Labute approximate surface area is 254 Å². The molecule has 11 heteroatoms. The molecule has 4 fully saturated rings. The van der Waals surface area contributed by atoms with Crippen molar-refractivity contribution in [3.63, 3.8) is 0 Å². The lowest BCUT2D eigenvalue weighted by atomic mass is 9.59. The van der Waals surface area contributed by atoms with Crippen molar-refractivity contribution in [3.8, 4) is 34.2 Å². The fourth-order valence-corrected chi connectivity index (χ4v) is 7.95. The highest BCUT2D eigenvalue weighted by Crippen LogP contribution is 2.52. The van der Waals surface area contributed by atoms with E-state index >= 15 is 0 Å². The molecule has 0 unspecified atom stereocenters. The van der Waals surface area contributed by atoms with E-state index in [1.807, 2.05) is 31.8 Å². The molecular formula is C33H31N9O2. The number of nitriles is 1. The molecule has 0 aromatic carbocycles. The number of hydrogen-bond donors (Lipinski definition) is 1. The van der Waals surface area contributed by atoms with Gasteiger partial charge in [-0.15, -0.1) is 0 Å². The number of methoxy groups -OCH3 is 1. The molecule has 2 saturated carbocycles. The minimum absolute atomic E-state index is 0.0763. The number of piperidine rings is 2. The van der Waals surface area contributed by atoms with Crippen LogP contribution in [0.15, 0.2) is 67.5 Å². The van der Waals surface area contributed by atoms with Crippen LogP contribution in [-0.4, -0.2) is 60.0 Å². The summed E-state index contributed by atoms with van der Waals surface area (Å²) < 4.78 is 8.68. The molecule has 5 aromatic rings. The van der Waals surface area contributed by atoms with Gasteiger partial charge in [-0.05, 0) is 62.3 Å². The number of amides is 1. The largest absolute Gasteiger partial charge is 0.481 e. The van der Waals surface area contributed by atoms with E-state index in [9.17, 15) is 10.1 Å². The first kappa shape index (κ1) is 26.4.